The highest BCUT2D eigenvalue weighted by Crippen LogP contribution is 2.26. The average molecular weight is 247 g/mol. The minimum Gasteiger partial charge on any atom is -0.506 e. The lowest BCUT2D eigenvalue weighted by Crippen LogP contribution is -2.03. The van der Waals surface area contributed by atoms with Crippen LogP contribution in [0.1, 0.15) is 22.5 Å². The Labute approximate surface area is 103 Å². The van der Waals surface area contributed by atoms with Crippen LogP contribution in [-0.4, -0.2) is 32.9 Å². The molecule has 0 aliphatic carbocycles. The van der Waals surface area contributed by atoms with E-state index in [2.05, 4.69) is 4.98 Å². The Morgan fingerprint density at radius 1 is 1.33 bits per heavy atom. The summed E-state index contributed by atoms with van der Waals surface area (Å²) in [7, 11) is 0. The van der Waals surface area contributed by atoms with E-state index < -0.39 is 5.97 Å². The lowest BCUT2D eigenvalue weighted by molar-refractivity contribution is 0.0691. The topological polar surface area (TPSA) is 90.7 Å². The highest BCUT2D eigenvalue weighted by molar-refractivity contribution is 5.93. The molecule has 0 radical (unpaired) electrons. The normalized spacial score (nSPS) is 10.7. The molecule has 0 atom stereocenters. The van der Waals surface area contributed by atoms with Crippen molar-refractivity contribution in [1.29, 1.82) is 0 Å². The number of nitrogens with zero attached hydrogens (tertiary/aromatic N) is 1. The standard InChI is InChI=1S/C13H13NO4/c15-6-2-3-8-7-10(13(17)18)14-12-9(8)4-1-5-11(12)16/h1,4-5,7,15-16H,2-3,6H2,(H,17,18). The molecule has 2 rings (SSSR count). The van der Waals surface area contributed by atoms with E-state index in [0.29, 0.717) is 18.2 Å². The summed E-state index contributed by atoms with van der Waals surface area (Å²) in [5.41, 5.74) is 0.949. The van der Waals surface area contributed by atoms with Crippen LogP contribution in [0.4, 0.5) is 0 Å². The molecule has 0 unspecified atom stereocenters. The smallest absolute Gasteiger partial charge is 0.354 e. The Kier molecular flexibility index (Phi) is 3.43. The van der Waals surface area contributed by atoms with Gasteiger partial charge in [0.1, 0.15) is 17.0 Å². The second-order valence-electron chi connectivity index (χ2n) is 3.97. The third kappa shape index (κ3) is 2.26. The molecule has 1 heterocycles. The number of carboxylic acids is 1. The van der Waals surface area contributed by atoms with Gasteiger partial charge in [-0.1, -0.05) is 12.1 Å². The van der Waals surface area contributed by atoms with E-state index in [1.54, 1.807) is 12.1 Å². The van der Waals surface area contributed by atoms with E-state index in [-0.39, 0.29) is 23.6 Å². The van der Waals surface area contributed by atoms with Crippen LogP contribution in [0.2, 0.25) is 0 Å². The summed E-state index contributed by atoms with van der Waals surface area (Å²) in [5.74, 6) is -1.17. The molecule has 5 nitrogen and oxygen atoms in total. The molecule has 0 saturated carbocycles. The van der Waals surface area contributed by atoms with Gasteiger partial charge in [0.05, 0.1) is 0 Å². The number of rotatable bonds is 4. The highest BCUT2D eigenvalue weighted by Gasteiger charge is 2.12. The first-order valence-electron chi connectivity index (χ1n) is 5.59. The van der Waals surface area contributed by atoms with Gasteiger partial charge in [-0.25, -0.2) is 9.78 Å². The maximum Gasteiger partial charge on any atom is 0.354 e. The zero-order chi connectivity index (χ0) is 13.1. The molecular formula is C13H13NO4. The number of aryl methyl sites for hydroxylation is 1. The zero-order valence-corrected chi connectivity index (χ0v) is 9.63. The molecule has 5 heteroatoms. The summed E-state index contributed by atoms with van der Waals surface area (Å²) < 4.78 is 0. The first-order chi connectivity index (χ1) is 8.63. The molecule has 3 N–H and O–H groups in total. The molecule has 1 aromatic heterocycles. The predicted molar refractivity (Wildman–Crippen MR) is 65.8 cm³/mol. The number of aliphatic hydroxyl groups is 1. The van der Waals surface area contributed by atoms with E-state index in [9.17, 15) is 9.90 Å². The number of pyridine rings is 1. The number of phenols is 1. The Bertz CT molecular complexity index is 595. The number of aromatic hydroxyl groups is 1. The van der Waals surface area contributed by atoms with E-state index >= 15 is 0 Å². The van der Waals surface area contributed by atoms with Gasteiger partial charge in [-0.05, 0) is 30.5 Å². The third-order valence-corrected chi connectivity index (χ3v) is 2.73. The number of aliphatic hydroxyl groups excluding tert-OH is 1. The molecule has 0 amide bonds. The first-order valence-corrected chi connectivity index (χ1v) is 5.59. The third-order valence-electron chi connectivity index (χ3n) is 2.73. The number of para-hydroxylation sites is 1. The second kappa shape index (κ2) is 5.01. The molecule has 94 valence electrons. The summed E-state index contributed by atoms with van der Waals surface area (Å²) in [4.78, 5) is 14.9. The van der Waals surface area contributed by atoms with Crippen LogP contribution < -0.4 is 0 Å². The number of carbonyl (C=O) groups is 1. The van der Waals surface area contributed by atoms with Gasteiger partial charge in [0, 0.05) is 12.0 Å². The quantitative estimate of drug-likeness (QED) is 0.762. The molecule has 18 heavy (non-hydrogen) atoms. The van der Waals surface area contributed by atoms with Crippen molar-refractivity contribution in [2.24, 2.45) is 0 Å². The van der Waals surface area contributed by atoms with Gasteiger partial charge in [0.2, 0.25) is 0 Å². The maximum atomic E-state index is 11.0. The number of phenolic OH excluding ortho intramolecular Hbond substituents is 1. The van der Waals surface area contributed by atoms with Crippen LogP contribution in [0.3, 0.4) is 0 Å². The lowest BCUT2D eigenvalue weighted by atomic mass is 10.0. The number of carboxylic acid groups (broad SMARTS) is 1. The van der Waals surface area contributed by atoms with Crippen molar-refractivity contribution in [3.8, 4) is 5.75 Å². The van der Waals surface area contributed by atoms with Crippen molar-refractivity contribution in [2.45, 2.75) is 12.8 Å². The zero-order valence-electron chi connectivity index (χ0n) is 9.63. The summed E-state index contributed by atoms with van der Waals surface area (Å²) in [6.45, 7) is 0.0328. The van der Waals surface area contributed by atoms with Gasteiger partial charge in [-0.3, -0.25) is 0 Å². The molecular weight excluding hydrogens is 234 g/mol. The Morgan fingerprint density at radius 3 is 2.78 bits per heavy atom. The number of aromatic nitrogens is 1. The van der Waals surface area contributed by atoms with E-state index in [1.165, 1.54) is 12.1 Å². The van der Waals surface area contributed by atoms with Gasteiger partial charge in [0.15, 0.2) is 0 Å². The number of benzene rings is 1. The van der Waals surface area contributed by atoms with Gasteiger partial charge in [-0.15, -0.1) is 0 Å². The predicted octanol–water partition coefficient (Wildman–Crippen LogP) is 1.56. The number of hydrogen-bond acceptors (Lipinski definition) is 4. The summed E-state index contributed by atoms with van der Waals surface area (Å²) in [6.07, 6.45) is 1.08. The largest absolute Gasteiger partial charge is 0.506 e. The highest BCUT2D eigenvalue weighted by atomic mass is 16.4. The molecule has 0 spiro atoms. The molecule has 0 aliphatic rings. The van der Waals surface area contributed by atoms with E-state index in [1.807, 2.05) is 0 Å². The fourth-order valence-corrected chi connectivity index (χ4v) is 1.89. The van der Waals surface area contributed by atoms with Gasteiger partial charge >= 0.3 is 5.97 Å². The molecule has 2 aromatic rings. The minimum atomic E-state index is -1.13. The molecule has 1 aromatic carbocycles. The van der Waals surface area contributed by atoms with Gasteiger partial charge < -0.3 is 15.3 Å². The fourth-order valence-electron chi connectivity index (χ4n) is 1.89. The van der Waals surface area contributed by atoms with Crippen LogP contribution in [-0.2, 0) is 6.42 Å². The van der Waals surface area contributed by atoms with Gasteiger partial charge in [-0.2, -0.15) is 0 Å². The number of fused-ring (bicyclic) bond motifs is 1. The van der Waals surface area contributed by atoms with Crippen LogP contribution in [0.25, 0.3) is 10.9 Å². The fraction of sp³-hybridized carbons (Fsp3) is 0.231. The monoisotopic (exact) mass is 247 g/mol. The van der Waals surface area contributed by atoms with Gasteiger partial charge in [0.25, 0.3) is 0 Å². The SMILES string of the molecule is O=C(O)c1cc(CCCO)c2cccc(O)c2n1. The average Bonchev–Trinajstić information content (AvgIpc) is 2.36. The van der Waals surface area contributed by atoms with Crippen LogP contribution in [0.5, 0.6) is 5.75 Å². The van der Waals surface area contributed by atoms with Crippen LogP contribution in [0, 0.1) is 0 Å². The van der Waals surface area contributed by atoms with Crippen molar-refractivity contribution in [2.75, 3.05) is 6.61 Å². The molecule has 0 aliphatic heterocycles. The summed E-state index contributed by atoms with van der Waals surface area (Å²) in [5, 5.41) is 28.3. The van der Waals surface area contributed by atoms with Crippen molar-refractivity contribution >= 4 is 16.9 Å². The molecule has 0 fully saturated rings. The second-order valence-corrected chi connectivity index (χ2v) is 3.97. The molecule has 0 bridgehead atoms. The van der Waals surface area contributed by atoms with Crippen molar-refractivity contribution in [1.82, 2.24) is 4.98 Å². The van der Waals surface area contributed by atoms with Crippen LogP contribution >= 0.6 is 0 Å². The summed E-state index contributed by atoms with van der Waals surface area (Å²) in [6, 6.07) is 6.42. The minimum absolute atomic E-state index is 0.0328. The maximum absolute atomic E-state index is 11.0. The van der Waals surface area contributed by atoms with Crippen molar-refractivity contribution < 1.29 is 20.1 Å². The van der Waals surface area contributed by atoms with Crippen LogP contribution in [0.15, 0.2) is 24.3 Å². The Hall–Kier alpha value is -2.14. The van der Waals surface area contributed by atoms with Crippen molar-refractivity contribution in [3.05, 3.63) is 35.5 Å². The number of hydrogen-bond donors (Lipinski definition) is 3. The first kappa shape index (κ1) is 12.3. The lowest BCUT2D eigenvalue weighted by Gasteiger charge is -2.08. The van der Waals surface area contributed by atoms with E-state index in [4.69, 9.17) is 10.2 Å². The van der Waals surface area contributed by atoms with E-state index in [0.717, 1.165) is 5.56 Å². The Morgan fingerprint density at radius 2 is 2.11 bits per heavy atom. The Balaban J connectivity index is 2.65. The number of aromatic carboxylic acids is 1. The van der Waals surface area contributed by atoms with Crippen molar-refractivity contribution in [3.63, 3.8) is 0 Å². The summed E-state index contributed by atoms with van der Waals surface area (Å²) >= 11 is 0. The molecule has 0 saturated heterocycles.